The zero-order valence-electron chi connectivity index (χ0n) is 11.9. The van der Waals surface area contributed by atoms with Crippen LogP contribution in [0, 0.1) is 12.7 Å². The second-order valence-electron chi connectivity index (χ2n) is 4.61. The van der Waals surface area contributed by atoms with Gasteiger partial charge in [0.1, 0.15) is 5.82 Å². The third kappa shape index (κ3) is 3.51. The highest BCUT2D eigenvalue weighted by Crippen LogP contribution is 2.23. The van der Waals surface area contributed by atoms with Crippen molar-refractivity contribution in [1.82, 2.24) is 0 Å². The molecule has 2 rings (SSSR count). The zero-order valence-corrected chi connectivity index (χ0v) is 11.9. The van der Waals surface area contributed by atoms with E-state index in [1.54, 1.807) is 44.2 Å². The monoisotopic (exact) mass is 288 g/mol. The van der Waals surface area contributed by atoms with Gasteiger partial charge >= 0.3 is 5.97 Å². The number of halogens is 1. The quantitative estimate of drug-likeness (QED) is 0.666. The summed E-state index contributed by atoms with van der Waals surface area (Å²) in [5.74, 6) is -0.723. The minimum atomic E-state index is -0.464. The minimum absolute atomic E-state index is 0.259. The molecular formula is C16H17FN2O2. The first-order valence-electron chi connectivity index (χ1n) is 6.61. The van der Waals surface area contributed by atoms with E-state index in [2.05, 4.69) is 5.32 Å². The molecule has 2 aromatic rings. The Morgan fingerprint density at radius 1 is 1.24 bits per heavy atom. The van der Waals surface area contributed by atoms with Crippen molar-refractivity contribution in [2.75, 3.05) is 17.7 Å². The second-order valence-corrected chi connectivity index (χ2v) is 4.61. The summed E-state index contributed by atoms with van der Waals surface area (Å²) in [6, 6.07) is 9.70. The number of carbonyl (C=O) groups excluding carboxylic acids is 1. The first kappa shape index (κ1) is 14.8. The van der Waals surface area contributed by atoms with Gasteiger partial charge in [-0.15, -0.1) is 0 Å². The maximum atomic E-state index is 13.2. The lowest BCUT2D eigenvalue weighted by atomic mass is 10.1. The Hall–Kier alpha value is -2.56. The SMILES string of the molecule is CCOC(=O)c1cc(Nc2ccc(F)c(C)c2)ccc1N. The van der Waals surface area contributed by atoms with Crippen LogP contribution in [-0.4, -0.2) is 12.6 Å². The zero-order chi connectivity index (χ0) is 15.4. The number of ether oxygens (including phenoxy) is 1. The minimum Gasteiger partial charge on any atom is -0.462 e. The number of hydrogen-bond acceptors (Lipinski definition) is 4. The van der Waals surface area contributed by atoms with Crippen molar-refractivity contribution in [3.8, 4) is 0 Å². The molecule has 0 aliphatic heterocycles. The Morgan fingerprint density at radius 3 is 2.57 bits per heavy atom. The Kier molecular flexibility index (Phi) is 4.42. The van der Waals surface area contributed by atoms with Gasteiger partial charge in [-0.05, 0) is 55.8 Å². The van der Waals surface area contributed by atoms with E-state index < -0.39 is 5.97 Å². The summed E-state index contributed by atoms with van der Waals surface area (Å²) in [7, 11) is 0. The highest BCUT2D eigenvalue weighted by atomic mass is 19.1. The van der Waals surface area contributed by atoms with Crippen LogP contribution in [0.25, 0.3) is 0 Å². The Balaban J connectivity index is 2.26. The summed E-state index contributed by atoms with van der Waals surface area (Å²) in [4.78, 5) is 11.8. The van der Waals surface area contributed by atoms with Crippen LogP contribution in [0.2, 0.25) is 0 Å². The molecule has 0 aliphatic rings. The Morgan fingerprint density at radius 2 is 1.90 bits per heavy atom. The smallest absolute Gasteiger partial charge is 0.340 e. The van der Waals surface area contributed by atoms with Gasteiger partial charge in [0.05, 0.1) is 12.2 Å². The summed E-state index contributed by atoms with van der Waals surface area (Å²) >= 11 is 0. The third-order valence-electron chi connectivity index (χ3n) is 3.00. The molecule has 5 heteroatoms. The summed E-state index contributed by atoms with van der Waals surface area (Å²) in [5, 5.41) is 3.11. The highest BCUT2D eigenvalue weighted by molar-refractivity contribution is 5.96. The number of nitrogen functional groups attached to an aromatic ring is 1. The van der Waals surface area contributed by atoms with Gasteiger partial charge in [-0.3, -0.25) is 0 Å². The van der Waals surface area contributed by atoms with Crippen LogP contribution in [-0.2, 0) is 4.74 Å². The number of nitrogens with two attached hydrogens (primary N) is 1. The van der Waals surface area contributed by atoms with Crippen LogP contribution in [0.3, 0.4) is 0 Å². The summed E-state index contributed by atoms with van der Waals surface area (Å²) in [6.45, 7) is 3.71. The molecule has 0 heterocycles. The molecule has 0 saturated carbocycles. The lowest BCUT2D eigenvalue weighted by Crippen LogP contribution is -2.08. The van der Waals surface area contributed by atoms with Crippen LogP contribution < -0.4 is 11.1 Å². The van der Waals surface area contributed by atoms with E-state index in [0.29, 0.717) is 22.5 Å². The number of benzene rings is 2. The fourth-order valence-electron chi connectivity index (χ4n) is 1.91. The molecule has 3 N–H and O–H groups in total. The third-order valence-corrected chi connectivity index (χ3v) is 3.00. The average Bonchev–Trinajstić information content (AvgIpc) is 2.45. The van der Waals surface area contributed by atoms with Crippen molar-refractivity contribution in [3.63, 3.8) is 0 Å². The molecule has 0 fully saturated rings. The summed E-state index contributed by atoms with van der Waals surface area (Å²) in [6.07, 6.45) is 0. The van der Waals surface area contributed by atoms with Gasteiger partial charge in [0, 0.05) is 17.1 Å². The molecule has 4 nitrogen and oxygen atoms in total. The van der Waals surface area contributed by atoms with Crippen LogP contribution in [0.5, 0.6) is 0 Å². The van der Waals surface area contributed by atoms with Crippen molar-refractivity contribution in [1.29, 1.82) is 0 Å². The molecule has 0 aliphatic carbocycles. The highest BCUT2D eigenvalue weighted by Gasteiger charge is 2.11. The molecule has 0 atom stereocenters. The molecule has 21 heavy (non-hydrogen) atoms. The number of anilines is 3. The van der Waals surface area contributed by atoms with Gasteiger partial charge in [-0.2, -0.15) is 0 Å². The molecule has 0 spiro atoms. The molecular weight excluding hydrogens is 271 g/mol. The predicted molar refractivity (Wildman–Crippen MR) is 81.2 cm³/mol. The maximum absolute atomic E-state index is 13.2. The van der Waals surface area contributed by atoms with Crippen LogP contribution >= 0.6 is 0 Å². The first-order chi connectivity index (χ1) is 10.0. The number of rotatable bonds is 4. The molecule has 0 bridgehead atoms. The predicted octanol–water partition coefficient (Wildman–Crippen LogP) is 3.64. The lowest BCUT2D eigenvalue weighted by molar-refractivity contribution is 0.0527. The maximum Gasteiger partial charge on any atom is 0.340 e. The summed E-state index contributed by atoms with van der Waals surface area (Å²) < 4.78 is 18.2. The van der Waals surface area contributed by atoms with Crippen LogP contribution in [0.4, 0.5) is 21.5 Å². The molecule has 0 radical (unpaired) electrons. The van der Waals surface area contributed by atoms with E-state index in [1.807, 2.05) is 0 Å². The standard InChI is InChI=1S/C16H17FN2O2/c1-3-21-16(20)13-9-12(5-7-15(13)18)19-11-4-6-14(17)10(2)8-11/h4-9,19H,3,18H2,1-2H3. The van der Waals surface area contributed by atoms with E-state index in [1.165, 1.54) is 6.07 Å². The topological polar surface area (TPSA) is 64.3 Å². The van der Waals surface area contributed by atoms with E-state index in [9.17, 15) is 9.18 Å². The number of hydrogen-bond donors (Lipinski definition) is 2. The van der Waals surface area contributed by atoms with Gasteiger partial charge in [-0.1, -0.05) is 0 Å². The average molecular weight is 288 g/mol. The van der Waals surface area contributed by atoms with Gasteiger partial charge < -0.3 is 15.8 Å². The normalized spacial score (nSPS) is 10.2. The van der Waals surface area contributed by atoms with Crippen LogP contribution in [0.1, 0.15) is 22.8 Å². The Labute approximate surface area is 122 Å². The number of aryl methyl sites for hydroxylation is 1. The number of esters is 1. The molecule has 110 valence electrons. The van der Waals surface area contributed by atoms with E-state index in [4.69, 9.17) is 10.5 Å². The van der Waals surface area contributed by atoms with E-state index in [0.717, 1.165) is 5.69 Å². The lowest BCUT2D eigenvalue weighted by Gasteiger charge is -2.11. The molecule has 0 unspecified atom stereocenters. The second kappa shape index (κ2) is 6.26. The first-order valence-corrected chi connectivity index (χ1v) is 6.61. The van der Waals surface area contributed by atoms with Crippen molar-refractivity contribution >= 4 is 23.0 Å². The van der Waals surface area contributed by atoms with Gasteiger partial charge in [0.2, 0.25) is 0 Å². The van der Waals surface area contributed by atoms with Crippen LogP contribution in [0.15, 0.2) is 36.4 Å². The largest absolute Gasteiger partial charge is 0.462 e. The van der Waals surface area contributed by atoms with Crippen molar-refractivity contribution in [3.05, 3.63) is 53.3 Å². The van der Waals surface area contributed by atoms with E-state index in [-0.39, 0.29) is 12.4 Å². The fraction of sp³-hybridized carbons (Fsp3) is 0.188. The molecule has 0 aromatic heterocycles. The van der Waals surface area contributed by atoms with Gasteiger partial charge in [-0.25, -0.2) is 9.18 Å². The molecule has 0 saturated heterocycles. The fourth-order valence-corrected chi connectivity index (χ4v) is 1.91. The molecule has 2 aromatic carbocycles. The number of nitrogens with one attached hydrogen (secondary N) is 1. The van der Waals surface area contributed by atoms with Gasteiger partial charge in [0.15, 0.2) is 0 Å². The summed E-state index contributed by atoms with van der Waals surface area (Å²) in [5.41, 5.74) is 8.39. The van der Waals surface area contributed by atoms with Gasteiger partial charge in [0.25, 0.3) is 0 Å². The molecule has 0 amide bonds. The van der Waals surface area contributed by atoms with Crippen molar-refractivity contribution < 1.29 is 13.9 Å². The van der Waals surface area contributed by atoms with Crippen molar-refractivity contribution in [2.24, 2.45) is 0 Å². The number of carbonyl (C=O) groups is 1. The van der Waals surface area contributed by atoms with Crippen molar-refractivity contribution in [2.45, 2.75) is 13.8 Å². The van der Waals surface area contributed by atoms with E-state index >= 15 is 0 Å². The Bertz CT molecular complexity index is 671.